The molecule has 0 saturated carbocycles. The van der Waals surface area contributed by atoms with Gasteiger partial charge in [-0.3, -0.25) is 4.79 Å². The number of carbonyl (C=O) groups is 1. The molecule has 21 heavy (non-hydrogen) atoms. The molecule has 1 aromatic carbocycles. The predicted octanol–water partition coefficient (Wildman–Crippen LogP) is 2.67. The summed E-state index contributed by atoms with van der Waals surface area (Å²) < 4.78 is 0. The number of carbonyl (C=O) groups excluding carboxylic acids is 1. The van der Waals surface area contributed by atoms with E-state index in [-0.39, 0.29) is 5.91 Å². The number of amides is 1. The summed E-state index contributed by atoms with van der Waals surface area (Å²) in [5, 5.41) is 0. The third-order valence-electron chi connectivity index (χ3n) is 4.28. The van der Waals surface area contributed by atoms with Gasteiger partial charge in [0.25, 0.3) is 0 Å². The molecule has 1 saturated heterocycles. The number of nitrogens with zero attached hydrogens (tertiary/aromatic N) is 2. The van der Waals surface area contributed by atoms with Crippen molar-refractivity contribution < 1.29 is 4.79 Å². The second kappa shape index (κ2) is 7.34. The van der Waals surface area contributed by atoms with Gasteiger partial charge < -0.3 is 15.5 Å². The number of likely N-dealkylation sites (tertiary alicyclic amines) is 1. The lowest BCUT2D eigenvalue weighted by molar-refractivity contribution is -0.130. The molecule has 1 aliphatic heterocycles. The molecule has 1 heterocycles. The Balaban J connectivity index is 1.95. The molecule has 0 bridgehead atoms. The summed E-state index contributed by atoms with van der Waals surface area (Å²) in [6.45, 7) is 8.03. The van der Waals surface area contributed by atoms with Crippen molar-refractivity contribution in [2.75, 3.05) is 36.8 Å². The first-order chi connectivity index (χ1) is 10.2. The molecule has 1 aliphatic rings. The largest absolute Gasteiger partial charge is 0.397 e. The van der Waals surface area contributed by atoms with Crippen molar-refractivity contribution in [1.29, 1.82) is 0 Å². The number of hydrogen-bond donors (Lipinski definition) is 1. The standard InChI is InChI=1S/C17H27N3O/c1-3-19(4-2)16-9-7-14(13-15(16)18)8-10-17(21)20-11-5-6-12-20/h7,9,13H,3-6,8,10-12,18H2,1-2H3. The molecule has 1 aromatic rings. The average Bonchev–Trinajstić information content (AvgIpc) is 3.02. The number of nitrogens with two attached hydrogens (primary N) is 1. The molecule has 1 fully saturated rings. The Kier molecular flexibility index (Phi) is 5.48. The summed E-state index contributed by atoms with van der Waals surface area (Å²) in [5.41, 5.74) is 9.22. The first kappa shape index (κ1) is 15.7. The van der Waals surface area contributed by atoms with Crippen LogP contribution in [0.15, 0.2) is 18.2 Å². The number of anilines is 2. The summed E-state index contributed by atoms with van der Waals surface area (Å²) in [5.74, 6) is 0.277. The van der Waals surface area contributed by atoms with Crippen molar-refractivity contribution in [3.05, 3.63) is 23.8 Å². The Morgan fingerprint density at radius 1 is 1.24 bits per heavy atom. The summed E-state index contributed by atoms with van der Waals surface area (Å²) >= 11 is 0. The highest BCUT2D eigenvalue weighted by molar-refractivity contribution is 5.77. The van der Waals surface area contributed by atoms with Gasteiger partial charge in [0.05, 0.1) is 11.4 Å². The minimum absolute atomic E-state index is 0.277. The van der Waals surface area contributed by atoms with E-state index < -0.39 is 0 Å². The molecule has 0 aliphatic carbocycles. The molecular weight excluding hydrogens is 262 g/mol. The van der Waals surface area contributed by atoms with Gasteiger partial charge in [-0.25, -0.2) is 0 Å². The van der Waals surface area contributed by atoms with Crippen LogP contribution in [-0.4, -0.2) is 37.0 Å². The van der Waals surface area contributed by atoms with E-state index in [4.69, 9.17) is 5.73 Å². The van der Waals surface area contributed by atoms with Gasteiger partial charge in [-0.2, -0.15) is 0 Å². The molecule has 0 atom stereocenters. The Labute approximate surface area is 127 Å². The van der Waals surface area contributed by atoms with Crippen LogP contribution in [0.2, 0.25) is 0 Å². The molecule has 0 spiro atoms. The fourth-order valence-corrected chi connectivity index (χ4v) is 2.99. The number of aryl methyl sites for hydroxylation is 1. The van der Waals surface area contributed by atoms with Crippen molar-refractivity contribution >= 4 is 17.3 Å². The van der Waals surface area contributed by atoms with E-state index in [1.54, 1.807) is 0 Å². The Bertz CT molecular complexity index is 477. The van der Waals surface area contributed by atoms with Crippen molar-refractivity contribution in [3.8, 4) is 0 Å². The first-order valence-electron chi connectivity index (χ1n) is 8.06. The van der Waals surface area contributed by atoms with Crippen LogP contribution >= 0.6 is 0 Å². The number of rotatable bonds is 6. The van der Waals surface area contributed by atoms with Gasteiger partial charge >= 0.3 is 0 Å². The highest BCUT2D eigenvalue weighted by Crippen LogP contribution is 2.25. The zero-order valence-corrected chi connectivity index (χ0v) is 13.3. The lowest BCUT2D eigenvalue weighted by Gasteiger charge is -2.23. The minimum atomic E-state index is 0.277. The lowest BCUT2D eigenvalue weighted by atomic mass is 10.1. The minimum Gasteiger partial charge on any atom is -0.397 e. The zero-order valence-electron chi connectivity index (χ0n) is 13.3. The predicted molar refractivity (Wildman–Crippen MR) is 88.6 cm³/mol. The monoisotopic (exact) mass is 289 g/mol. The maximum atomic E-state index is 12.1. The van der Waals surface area contributed by atoms with E-state index in [0.717, 1.165) is 62.4 Å². The molecule has 4 heteroatoms. The van der Waals surface area contributed by atoms with E-state index in [0.29, 0.717) is 6.42 Å². The van der Waals surface area contributed by atoms with Crippen LogP contribution in [0.3, 0.4) is 0 Å². The van der Waals surface area contributed by atoms with Gasteiger partial charge in [0.1, 0.15) is 0 Å². The van der Waals surface area contributed by atoms with E-state index in [2.05, 4.69) is 30.9 Å². The van der Waals surface area contributed by atoms with Crippen molar-refractivity contribution in [3.63, 3.8) is 0 Å². The molecule has 0 unspecified atom stereocenters. The summed E-state index contributed by atoms with van der Waals surface area (Å²) in [6.07, 6.45) is 3.66. The molecule has 2 N–H and O–H groups in total. The second-order valence-corrected chi connectivity index (χ2v) is 5.65. The van der Waals surface area contributed by atoms with Crippen LogP contribution in [0.5, 0.6) is 0 Å². The normalized spacial score (nSPS) is 14.5. The van der Waals surface area contributed by atoms with Crippen LogP contribution in [-0.2, 0) is 11.2 Å². The Morgan fingerprint density at radius 3 is 2.48 bits per heavy atom. The lowest BCUT2D eigenvalue weighted by Crippen LogP contribution is -2.27. The zero-order chi connectivity index (χ0) is 15.2. The third kappa shape index (κ3) is 3.90. The molecule has 4 nitrogen and oxygen atoms in total. The van der Waals surface area contributed by atoms with Gasteiger partial charge in [0.2, 0.25) is 5.91 Å². The van der Waals surface area contributed by atoms with Gasteiger partial charge in [-0.05, 0) is 50.8 Å². The van der Waals surface area contributed by atoms with Gasteiger partial charge in [-0.1, -0.05) is 6.07 Å². The van der Waals surface area contributed by atoms with Crippen LogP contribution in [0.25, 0.3) is 0 Å². The van der Waals surface area contributed by atoms with E-state index in [9.17, 15) is 4.79 Å². The van der Waals surface area contributed by atoms with Gasteiger partial charge in [0, 0.05) is 32.6 Å². The smallest absolute Gasteiger partial charge is 0.222 e. The molecule has 116 valence electrons. The maximum Gasteiger partial charge on any atom is 0.222 e. The van der Waals surface area contributed by atoms with E-state index >= 15 is 0 Å². The maximum absolute atomic E-state index is 12.1. The number of nitrogen functional groups attached to an aromatic ring is 1. The molecular formula is C17H27N3O. The van der Waals surface area contributed by atoms with Crippen molar-refractivity contribution in [1.82, 2.24) is 4.90 Å². The van der Waals surface area contributed by atoms with Crippen LogP contribution < -0.4 is 10.6 Å². The Hall–Kier alpha value is -1.71. The van der Waals surface area contributed by atoms with E-state index in [1.165, 1.54) is 0 Å². The summed E-state index contributed by atoms with van der Waals surface area (Å²) in [4.78, 5) is 16.3. The topological polar surface area (TPSA) is 49.6 Å². The van der Waals surface area contributed by atoms with Gasteiger partial charge in [-0.15, -0.1) is 0 Å². The number of benzene rings is 1. The third-order valence-corrected chi connectivity index (χ3v) is 4.28. The SMILES string of the molecule is CCN(CC)c1ccc(CCC(=O)N2CCCC2)cc1N. The number of hydrogen-bond acceptors (Lipinski definition) is 3. The first-order valence-corrected chi connectivity index (χ1v) is 8.06. The molecule has 1 amide bonds. The average molecular weight is 289 g/mol. The Morgan fingerprint density at radius 2 is 1.90 bits per heavy atom. The highest BCUT2D eigenvalue weighted by atomic mass is 16.2. The second-order valence-electron chi connectivity index (χ2n) is 5.65. The molecule has 0 radical (unpaired) electrons. The molecule has 2 rings (SSSR count). The summed E-state index contributed by atoms with van der Waals surface area (Å²) in [6, 6.07) is 6.20. The highest BCUT2D eigenvalue weighted by Gasteiger charge is 2.17. The van der Waals surface area contributed by atoms with Crippen molar-refractivity contribution in [2.45, 2.75) is 39.5 Å². The van der Waals surface area contributed by atoms with Crippen LogP contribution in [0, 0.1) is 0 Å². The molecule has 0 aromatic heterocycles. The fourth-order valence-electron chi connectivity index (χ4n) is 2.99. The van der Waals surface area contributed by atoms with E-state index in [1.807, 2.05) is 11.0 Å². The van der Waals surface area contributed by atoms with Gasteiger partial charge in [0.15, 0.2) is 0 Å². The quantitative estimate of drug-likeness (QED) is 0.819. The van der Waals surface area contributed by atoms with Crippen LogP contribution in [0.1, 0.15) is 38.7 Å². The van der Waals surface area contributed by atoms with Crippen LogP contribution in [0.4, 0.5) is 11.4 Å². The fraction of sp³-hybridized carbons (Fsp3) is 0.588. The van der Waals surface area contributed by atoms with Crippen molar-refractivity contribution in [2.24, 2.45) is 0 Å². The summed E-state index contributed by atoms with van der Waals surface area (Å²) in [7, 11) is 0.